The third kappa shape index (κ3) is 5.22. The molecule has 0 spiro atoms. The number of carbonyl (C=O) groups excluding carboxylic acids is 1. The maximum atomic E-state index is 12.6. The molecule has 30 heavy (non-hydrogen) atoms. The van der Waals surface area contributed by atoms with Gasteiger partial charge in [0.2, 0.25) is 5.91 Å². The first kappa shape index (κ1) is 20.9. The second-order valence-corrected chi connectivity index (χ2v) is 8.89. The Morgan fingerprint density at radius 3 is 2.47 bits per heavy atom. The number of nitrogens with zero attached hydrogens (tertiary/aromatic N) is 4. The Labute approximate surface area is 179 Å². The number of likely N-dealkylation sites (tertiary alicyclic amines) is 1. The summed E-state index contributed by atoms with van der Waals surface area (Å²) in [6.45, 7) is 7.01. The van der Waals surface area contributed by atoms with E-state index in [1.807, 2.05) is 26.2 Å². The van der Waals surface area contributed by atoms with Crippen molar-refractivity contribution in [2.75, 3.05) is 13.1 Å². The van der Waals surface area contributed by atoms with E-state index in [2.05, 4.69) is 27.3 Å². The predicted molar refractivity (Wildman–Crippen MR) is 117 cm³/mol. The highest BCUT2D eigenvalue weighted by Crippen LogP contribution is 2.27. The Balaban J connectivity index is 1.37. The molecule has 0 unspecified atom stereocenters. The minimum Gasteiger partial charge on any atom is -0.353 e. The lowest BCUT2D eigenvalue weighted by Crippen LogP contribution is -2.37. The van der Waals surface area contributed by atoms with Crippen molar-refractivity contribution in [2.24, 2.45) is 0 Å². The van der Waals surface area contributed by atoms with Crippen LogP contribution in [0.1, 0.15) is 72.8 Å². The van der Waals surface area contributed by atoms with Crippen molar-refractivity contribution in [1.29, 1.82) is 0 Å². The molecule has 6 nitrogen and oxygen atoms in total. The summed E-state index contributed by atoms with van der Waals surface area (Å²) < 4.78 is 0. The van der Waals surface area contributed by atoms with Crippen LogP contribution in [-0.2, 0) is 17.8 Å². The van der Waals surface area contributed by atoms with Gasteiger partial charge in [-0.1, -0.05) is 19.3 Å². The van der Waals surface area contributed by atoms with Crippen LogP contribution >= 0.6 is 0 Å². The van der Waals surface area contributed by atoms with Crippen LogP contribution in [0.5, 0.6) is 0 Å². The van der Waals surface area contributed by atoms with Crippen LogP contribution in [0.4, 0.5) is 0 Å². The number of carbonyl (C=O) groups is 1. The zero-order valence-corrected chi connectivity index (χ0v) is 18.2. The molecule has 1 atom stereocenters. The fourth-order valence-corrected chi connectivity index (χ4v) is 4.82. The zero-order chi connectivity index (χ0) is 20.9. The topological polar surface area (TPSA) is 71.0 Å². The van der Waals surface area contributed by atoms with Crippen LogP contribution in [0.2, 0.25) is 0 Å². The first-order valence-corrected chi connectivity index (χ1v) is 11.3. The number of hydrogen-bond acceptors (Lipinski definition) is 5. The molecule has 1 saturated heterocycles. The molecule has 4 rings (SSSR count). The monoisotopic (exact) mass is 407 g/mol. The van der Waals surface area contributed by atoms with E-state index in [4.69, 9.17) is 9.97 Å². The largest absolute Gasteiger partial charge is 0.353 e. The maximum absolute atomic E-state index is 12.6. The van der Waals surface area contributed by atoms with Crippen molar-refractivity contribution < 1.29 is 4.79 Å². The van der Waals surface area contributed by atoms with E-state index in [-0.39, 0.29) is 5.91 Å². The van der Waals surface area contributed by atoms with E-state index < -0.39 is 0 Å². The summed E-state index contributed by atoms with van der Waals surface area (Å²) in [5, 5.41) is 3.21. The molecule has 2 fully saturated rings. The molecule has 1 N–H and O–H groups in total. The summed E-state index contributed by atoms with van der Waals surface area (Å²) in [6.07, 6.45) is 11.1. The van der Waals surface area contributed by atoms with Gasteiger partial charge >= 0.3 is 0 Å². The predicted octanol–water partition coefficient (Wildman–Crippen LogP) is 3.47. The quantitative estimate of drug-likeness (QED) is 0.794. The van der Waals surface area contributed by atoms with Crippen molar-refractivity contribution in [3.63, 3.8) is 0 Å². The van der Waals surface area contributed by atoms with Crippen molar-refractivity contribution >= 4 is 5.91 Å². The normalized spacial score (nSPS) is 20.4. The number of nitrogens with one attached hydrogen (secondary N) is 1. The van der Waals surface area contributed by atoms with E-state index in [9.17, 15) is 4.79 Å². The van der Waals surface area contributed by atoms with Crippen molar-refractivity contribution in [1.82, 2.24) is 25.2 Å². The van der Waals surface area contributed by atoms with E-state index >= 15 is 0 Å². The molecule has 1 aliphatic carbocycles. The van der Waals surface area contributed by atoms with Gasteiger partial charge in [0.05, 0.1) is 6.42 Å². The lowest BCUT2D eigenvalue weighted by Gasteiger charge is -2.23. The zero-order valence-electron chi connectivity index (χ0n) is 18.2. The van der Waals surface area contributed by atoms with E-state index in [1.54, 1.807) is 0 Å². The molecule has 1 aliphatic heterocycles. The highest BCUT2D eigenvalue weighted by Gasteiger charge is 2.27. The number of rotatable bonds is 6. The molecule has 0 bridgehead atoms. The molecule has 6 heteroatoms. The van der Waals surface area contributed by atoms with Crippen LogP contribution in [-0.4, -0.2) is 44.9 Å². The fourth-order valence-electron chi connectivity index (χ4n) is 4.82. The molecule has 3 heterocycles. The fraction of sp³-hybridized carbons (Fsp3) is 0.583. The molecule has 1 amide bonds. The Bertz CT molecular complexity index is 840. The first-order chi connectivity index (χ1) is 14.6. The van der Waals surface area contributed by atoms with Crippen LogP contribution in [0.3, 0.4) is 0 Å². The molecule has 160 valence electrons. The van der Waals surface area contributed by atoms with Gasteiger partial charge in [0.25, 0.3) is 0 Å². The molecule has 2 aliphatic rings. The third-order valence-corrected chi connectivity index (χ3v) is 6.54. The van der Waals surface area contributed by atoms with Gasteiger partial charge in [0, 0.05) is 54.4 Å². The standard InChI is InChI=1S/C24H33N5O/c1-17-22(14-23(30)28-21-6-4-3-5-7-21)18(2)27-24(26-17)20-10-13-29(16-20)15-19-8-11-25-12-9-19/h8-9,11-12,20-21H,3-7,10,13-16H2,1-2H3,(H,28,30)/t20-/m0/s1. The molecule has 1 saturated carbocycles. The minimum atomic E-state index is 0.105. The Hall–Kier alpha value is -2.34. The maximum Gasteiger partial charge on any atom is 0.224 e. The SMILES string of the molecule is Cc1nc([C@H]2CCN(Cc3ccncc3)C2)nc(C)c1CC(=O)NC1CCCCC1. The highest BCUT2D eigenvalue weighted by molar-refractivity contribution is 5.79. The average molecular weight is 408 g/mol. The minimum absolute atomic E-state index is 0.105. The van der Waals surface area contributed by atoms with Gasteiger partial charge in [0.15, 0.2) is 0 Å². The van der Waals surface area contributed by atoms with Gasteiger partial charge < -0.3 is 5.32 Å². The van der Waals surface area contributed by atoms with Crippen molar-refractivity contribution in [2.45, 2.75) is 77.3 Å². The van der Waals surface area contributed by atoms with Gasteiger partial charge in [0.1, 0.15) is 5.82 Å². The van der Waals surface area contributed by atoms with Gasteiger partial charge in [-0.05, 0) is 57.4 Å². The molecular formula is C24H33N5O. The van der Waals surface area contributed by atoms with Crippen molar-refractivity contribution in [3.8, 4) is 0 Å². The molecular weight excluding hydrogens is 374 g/mol. The van der Waals surface area contributed by atoms with Crippen molar-refractivity contribution in [3.05, 3.63) is 52.9 Å². The number of aromatic nitrogens is 3. The summed E-state index contributed by atoms with van der Waals surface area (Å²) in [5.41, 5.74) is 4.17. The first-order valence-electron chi connectivity index (χ1n) is 11.3. The van der Waals surface area contributed by atoms with Crippen LogP contribution in [0.25, 0.3) is 0 Å². The van der Waals surface area contributed by atoms with E-state index in [0.29, 0.717) is 18.4 Å². The summed E-state index contributed by atoms with van der Waals surface area (Å²) in [4.78, 5) is 28.8. The number of amides is 1. The van der Waals surface area contributed by atoms with Crippen LogP contribution in [0, 0.1) is 13.8 Å². The van der Waals surface area contributed by atoms with E-state index in [1.165, 1.54) is 24.8 Å². The molecule has 2 aromatic heterocycles. The number of aryl methyl sites for hydroxylation is 2. The van der Waals surface area contributed by atoms with Gasteiger partial charge in [-0.3, -0.25) is 14.7 Å². The summed E-state index contributed by atoms with van der Waals surface area (Å²) in [6, 6.07) is 4.49. The van der Waals surface area contributed by atoms with Gasteiger partial charge in [-0.25, -0.2) is 9.97 Å². The molecule has 0 radical (unpaired) electrons. The smallest absolute Gasteiger partial charge is 0.224 e. The number of pyridine rings is 1. The third-order valence-electron chi connectivity index (χ3n) is 6.54. The second-order valence-electron chi connectivity index (χ2n) is 8.89. The lowest BCUT2D eigenvalue weighted by atomic mass is 9.95. The van der Waals surface area contributed by atoms with Gasteiger partial charge in [-0.2, -0.15) is 0 Å². The van der Waals surface area contributed by atoms with Crippen LogP contribution < -0.4 is 5.32 Å². The lowest BCUT2D eigenvalue weighted by molar-refractivity contribution is -0.121. The number of hydrogen-bond donors (Lipinski definition) is 1. The van der Waals surface area contributed by atoms with E-state index in [0.717, 1.165) is 61.7 Å². The Kier molecular flexibility index (Phi) is 6.72. The molecule has 2 aromatic rings. The highest BCUT2D eigenvalue weighted by atomic mass is 16.1. The molecule has 0 aromatic carbocycles. The summed E-state index contributed by atoms with van der Waals surface area (Å²) in [7, 11) is 0. The second kappa shape index (κ2) is 9.65. The van der Waals surface area contributed by atoms with Crippen LogP contribution in [0.15, 0.2) is 24.5 Å². The summed E-state index contributed by atoms with van der Waals surface area (Å²) in [5.74, 6) is 1.39. The Morgan fingerprint density at radius 2 is 1.77 bits per heavy atom. The Morgan fingerprint density at radius 1 is 1.07 bits per heavy atom. The van der Waals surface area contributed by atoms with Gasteiger partial charge in [-0.15, -0.1) is 0 Å². The average Bonchev–Trinajstić information content (AvgIpc) is 3.20. The summed E-state index contributed by atoms with van der Waals surface area (Å²) >= 11 is 0.